The van der Waals surface area contributed by atoms with E-state index in [-0.39, 0.29) is 23.9 Å². The summed E-state index contributed by atoms with van der Waals surface area (Å²) in [5.41, 5.74) is 0. The summed E-state index contributed by atoms with van der Waals surface area (Å²) >= 11 is 0. The van der Waals surface area contributed by atoms with Crippen molar-refractivity contribution in [1.82, 2.24) is 15.1 Å². The van der Waals surface area contributed by atoms with Gasteiger partial charge in [0.2, 0.25) is 11.8 Å². The Hall–Kier alpha value is -1.10. The fourth-order valence-electron chi connectivity index (χ4n) is 2.92. The minimum Gasteiger partial charge on any atom is -0.344 e. The van der Waals surface area contributed by atoms with Crippen molar-refractivity contribution in [3.05, 3.63) is 0 Å². The van der Waals surface area contributed by atoms with Crippen molar-refractivity contribution in [3.63, 3.8) is 0 Å². The van der Waals surface area contributed by atoms with Crippen LogP contribution in [0.5, 0.6) is 0 Å². The number of carbonyl (C=O) groups excluding carboxylic acids is 2. The minimum absolute atomic E-state index is 0.0502. The Morgan fingerprint density at radius 2 is 2.11 bits per heavy atom. The highest BCUT2D eigenvalue weighted by atomic mass is 16.2. The maximum absolute atomic E-state index is 11.8. The molecule has 0 spiro atoms. The summed E-state index contributed by atoms with van der Waals surface area (Å²) in [6.45, 7) is 4.06. The number of piperidine rings is 1. The number of likely N-dealkylation sites (tertiary alicyclic amines) is 2. The zero-order chi connectivity index (χ0) is 13.1. The second-order valence-electron chi connectivity index (χ2n) is 5.37. The maximum Gasteiger partial charge on any atom is 0.239 e. The quantitative estimate of drug-likeness (QED) is 0.782. The van der Waals surface area contributed by atoms with E-state index < -0.39 is 0 Å². The molecule has 2 unspecified atom stereocenters. The summed E-state index contributed by atoms with van der Waals surface area (Å²) in [4.78, 5) is 27.0. The number of nitrogens with zero attached hydrogens (tertiary/aromatic N) is 2. The number of likely N-dealkylation sites (N-methyl/N-ethyl adjacent to an activating group) is 1. The number of hydrogen-bond donors (Lipinski definition) is 1. The molecular formula is C13H23N3O2. The van der Waals surface area contributed by atoms with Crippen LogP contribution >= 0.6 is 0 Å². The Morgan fingerprint density at radius 3 is 2.72 bits per heavy atom. The Bertz CT molecular complexity index is 332. The summed E-state index contributed by atoms with van der Waals surface area (Å²) in [6, 6.07) is 0.209. The van der Waals surface area contributed by atoms with Gasteiger partial charge in [-0.2, -0.15) is 0 Å². The lowest BCUT2D eigenvalue weighted by molar-refractivity contribution is -0.132. The van der Waals surface area contributed by atoms with Crippen LogP contribution in [0.4, 0.5) is 0 Å². The first-order valence-corrected chi connectivity index (χ1v) is 6.85. The van der Waals surface area contributed by atoms with Crippen LogP contribution in [0.25, 0.3) is 0 Å². The molecule has 2 heterocycles. The summed E-state index contributed by atoms with van der Waals surface area (Å²) in [5, 5.41) is 3.33. The predicted molar refractivity (Wildman–Crippen MR) is 69.1 cm³/mol. The maximum atomic E-state index is 11.8. The highest BCUT2D eigenvalue weighted by Crippen LogP contribution is 2.17. The molecule has 0 radical (unpaired) electrons. The zero-order valence-corrected chi connectivity index (χ0v) is 11.3. The number of amides is 2. The number of rotatable bonds is 3. The van der Waals surface area contributed by atoms with Crippen LogP contribution in [0.15, 0.2) is 0 Å². The Kier molecular flexibility index (Phi) is 4.22. The van der Waals surface area contributed by atoms with E-state index >= 15 is 0 Å². The summed E-state index contributed by atoms with van der Waals surface area (Å²) < 4.78 is 0. The third-order valence-electron chi connectivity index (χ3n) is 4.06. The molecule has 2 aliphatic heterocycles. The lowest BCUT2D eigenvalue weighted by atomic mass is 10.0. The third kappa shape index (κ3) is 2.83. The van der Waals surface area contributed by atoms with Crippen molar-refractivity contribution in [1.29, 1.82) is 0 Å². The van der Waals surface area contributed by atoms with Gasteiger partial charge in [-0.15, -0.1) is 0 Å². The molecule has 1 N–H and O–H groups in total. The van der Waals surface area contributed by atoms with E-state index in [4.69, 9.17) is 0 Å². The average Bonchev–Trinajstić information content (AvgIpc) is 2.68. The molecule has 2 fully saturated rings. The molecule has 0 saturated carbocycles. The summed E-state index contributed by atoms with van der Waals surface area (Å²) in [5.74, 6) is 0.330. The molecule has 5 heteroatoms. The molecule has 0 bridgehead atoms. The molecule has 18 heavy (non-hydrogen) atoms. The topological polar surface area (TPSA) is 52.7 Å². The Morgan fingerprint density at radius 1 is 1.33 bits per heavy atom. The fraction of sp³-hybridized carbons (Fsp3) is 0.846. The molecule has 102 valence electrons. The van der Waals surface area contributed by atoms with Crippen molar-refractivity contribution >= 4 is 11.8 Å². The predicted octanol–water partition coefficient (Wildman–Crippen LogP) is 0.208. The Labute approximate surface area is 108 Å². The van der Waals surface area contributed by atoms with Crippen LogP contribution < -0.4 is 5.32 Å². The molecule has 0 aromatic heterocycles. The van der Waals surface area contributed by atoms with E-state index in [0.29, 0.717) is 0 Å². The molecule has 0 aromatic rings. The van der Waals surface area contributed by atoms with E-state index in [1.54, 1.807) is 11.8 Å². The molecule has 2 rings (SSSR count). The lowest BCUT2D eigenvalue weighted by Crippen LogP contribution is -2.50. The molecule has 2 aliphatic rings. The van der Waals surface area contributed by atoms with Crippen LogP contribution in [-0.2, 0) is 9.59 Å². The number of hydrogen-bond acceptors (Lipinski definition) is 3. The van der Waals surface area contributed by atoms with E-state index in [9.17, 15) is 9.59 Å². The molecule has 2 atom stereocenters. The van der Waals surface area contributed by atoms with Crippen molar-refractivity contribution in [2.45, 2.75) is 44.7 Å². The van der Waals surface area contributed by atoms with Crippen LogP contribution in [0.3, 0.4) is 0 Å². The molecule has 0 aliphatic carbocycles. The van der Waals surface area contributed by atoms with Crippen LogP contribution in [0, 0.1) is 0 Å². The van der Waals surface area contributed by atoms with Gasteiger partial charge in [0.15, 0.2) is 0 Å². The average molecular weight is 253 g/mol. The van der Waals surface area contributed by atoms with Gasteiger partial charge in [-0.3, -0.25) is 9.59 Å². The highest BCUT2D eigenvalue weighted by molar-refractivity contribution is 5.83. The van der Waals surface area contributed by atoms with Gasteiger partial charge in [0.25, 0.3) is 0 Å². The standard InChI is InChI=1S/C13H23N3O2/c1-10(17)16-7-4-3-5-11(16)9-14-12-6-8-15(2)13(12)18/h11-12,14H,3-9H2,1-2H3. The second-order valence-corrected chi connectivity index (χ2v) is 5.37. The van der Waals surface area contributed by atoms with Crippen molar-refractivity contribution in [2.24, 2.45) is 0 Å². The lowest BCUT2D eigenvalue weighted by Gasteiger charge is -2.35. The fourth-order valence-corrected chi connectivity index (χ4v) is 2.92. The smallest absolute Gasteiger partial charge is 0.239 e. The van der Waals surface area contributed by atoms with Gasteiger partial charge in [0.1, 0.15) is 0 Å². The number of nitrogens with one attached hydrogen (secondary N) is 1. The molecule has 0 aromatic carbocycles. The van der Waals surface area contributed by atoms with Crippen molar-refractivity contribution in [3.8, 4) is 0 Å². The van der Waals surface area contributed by atoms with Gasteiger partial charge < -0.3 is 15.1 Å². The van der Waals surface area contributed by atoms with Gasteiger partial charge in [-0.05, 0) is 25.7 Å². The van der Waals surface area contributed by atoms with E-state index in [0.717, 1.165) is 38.9 Å². The largest absolute Gasteiger partial charge is 0.344 e. The van der Waals surface area contributed by atoms with Crippen LogP contribution in [0.1, 0.15) is 32.6 Å². The monoisotopic (exact) mass is 253 g/mol. The van der Waals surface area contributed by atoms with E-state index in [2.05, 4.69) is 5.32 Å². The Balaban J connectivity index is 1.85. The van der Waals surface area contributed by atoms with Gasteiger partial charge in [0.05, 0.1) is 6.04 Å². The molecule has 2 amide bonds. The second kappa shape index (κ2) is 5.69. The third-order valence-corrected chi connectivity index (χ3v) is 4.06. The van der Waals surface area contributed by atoms with Gasteiger partial charge in [-0.1, -0.05) is 0 Å². The van der Waals surface area contributed by atoms with E-state index in [1.807, 2.05) is 11.9 Å². The molecule has 2 saturated heterocycles. The minimum atomic E-state index is -0.0502. The number of carbonyl (C=O) groups is 2. The van der Waals surface area contributed by atoms with Gasteiger partial charge >= 0.3 is 0 Å². The summed E-state index contributed by atoms with van der Waals surface area (Å²) in [6.07, 6.45) is 4.20. The first-order chi connectivity index (χ1) is 8.59. The SMILES string of the molecule is CC(=O)N1CCCCC1CNC1CCN(C)C1=O. The normalized spacial score (nSPS) is 28.9. The van der Waals surface area contributed by atoms with Crippen LogP contribution in [-0.4, -0.2) is 60.4 Å². The summed E-state index contributed by atoms with van der Waals surface area (Å²) in [7, 11) is 1.84. The van der Waals surface area contributed by atoms with Crippen molar-refractivity contribution in [2.75, 3.05) is 26.7 Å². The van der Waals surface area contributed by atoms with Gasteiger partial charge in [0, 0.05) is 39.6 Å². The van der Waals surface area contributed by atoms with Crippen LogP contribution in [0.2, 0.25) is 0 Å². The van der Waals surface area contributed by atoms with E-state index in [1.165, 1.54) is 6.42 Å². The molecular weight excluding hydrogens is 230 g/mol. The van der Waals surface area contributed by atoms with Crippen molar-refractivity contribution < 1.29 is 9.59 Å². The first kappa shape index (κ1) is 13.3. The first-order valence-electron chi connectivity index (χ1n) is 6.85. The highest BCUT2D eigenvalue weighted by Gasteiger charge is 2.31. The molecule has 5 nitrogen and oxygen atoms in total. The van der Waals surface area contributed by atoms with Gasteiger partial charge in [-0.25, -0.2) is 0 Å². The zero-order valence-electron chi connectivity index (χ0n) is 11.3.